The van der Waals surface area contributed by atoms with Crippen molar-refractivity contribution >= 4 is 11.8 Å². The maximum Gasteiger partial charge on any atom is 0.139 e. The predicted octanol–water partition coefficient (Wildman–Crippen LogP) is 3.45. The molecule has 0 bridgehead atoms. The lowest BCUT2D eigenvalue weighted by atomic mass is 9.96. The first kappa shape index (κ1) is 12.8. The number of halogens is 2. The van der Waals surface area contributed by atoms with Crippen LogP contribution in [0.4, 0.5) is 8.78 Å². The largest absolute Gasteiger partial charge is 0.317 e. The van der Waals surface area contributed by atoms with E-state index >= 15 is 0 Å². The van der Waals surface area contributed by atoms with Crippen LogP contribution >= 0.6 is 11.8 Å². The number of nitrogens with one attached hydrogen (secondary N) is 1. The highest BCUT2D eigenvalue weighted by atomic mass is 32.2. The van der Waals surface area contributed by atoms with Crippen LogP contribution < -0.4 is 5.32 Å². The molecule has 0 aromatic heterocycles. The van der Waals surface area contributed by atoms with Crippen LogP contribution in [0.1, 0.15) is 19.3 Å². The molecule has 1 aromatic carbocycles. The van der Waals surface area contributed by atoms with Crippen LogP contribution in [0.15, 0.2) is 23.1 Å². The second-order valence-corrected chi connectivity index (χ2v) is 5.54. The van der Waals surface area contributed by atoms with Gasteiger partial charge >= 0.3 is 0 Å². The summed E-state index contributed by atoms with van der Waals surface area (Å²) in [5, 5.41) is 3.33. The second-order valence-electron chi connectivity index (χ2n) is 4.41. The van der Waals surface area contributed by atoms with E-state index in [1.165, 1.54) is 36.7 Å². The molecule has 0 unspecified atom stereocenters. The van der Waals surface area contributed by atoms with Crippen molar-refractivity contribution in [1.29, 1.82) is 0 Å². The van der Waals surface area contributed by atoms with Gasteiger partial charge in [0.15, 0.2) is 0 Å². The van der Waals surface area contributed by atoms with Gasteiger partial charge < -0.3 is 5.32 Å². The zero-order valence-electron chi connectivity index (χ0n) is 9.72. The molecular formula is C13H17F2NS. The molecule has 1 fully saturated rings. The molecule has 0 amide bonds. The summed E-state index contributed by atoms with van der Waals surface area (Å²) in [7, 11) is 0. The summed E-state index contributed by atoms with van der Waals surface area (Å²) in [4.78, 5) is 0.556. The van der Waals surface area contributed by atoms with Crippen LogP contribution in [-0.4, -0.2) is 18.8 Å². The minimum absolute atomic E-state index is 0.444. The molecule has 0 aliphatic carbocycles. The summed E-state index contributed by atoms with van der Waals surface area (Å²) < 4.78 is 26.0. The van der Waals surface area contributed by atoms with Crippen molar-refractivity contribution < 1.29 is 8.78 Å². The molecule has 1 N–H and O–H groups in total. The fourth-order valence-electron chi connectivity index (χ4n) is 2.10. The van der Waals surface area contributed by atoms with E-state index in [0.717, 1.165) is 37.2 Å². The summed E-state index contributed by atoms with van der Waals surface area (Å²) in [5.74, 6) is 0.713. The van der Waals surface area contributed by atoms with Crippen molar-refractivity contribution in [3.05, 3.63) is 29.8 Å². The zero-order valence-corrected chi connectivity index (χ0v) is 10.5. The molecule has 1 aliphatic heterocycles. The molecule has 17 heavy (non-hydrogen) atoms. The Kier molecular flexibility index (Phi) is 4.80. The van der Waals surface area contributed by atoms with E-state index in [9.17, 15) is 8.78 Å². The number of hydrogen-bond acceptors (Lipinski definition) is 2. The summed E-state index contributed by atoms with van der Waals surface area (Å²) in [6.07, 6.45) is 3.54. The molecular weight excluding hydrogens is 240 g/mol. The third kappa shape index (κ3) is 3.96. The lowest BCUT2D eigenvalue weighted by Gasteiger charge is -2.22. The van der Waals surface area contributed by atoms with Crippen molar-refractivity contribution in [2.45, 2.75) is 24.2 Å². The van der Waals surface area contributed by atoms with Crippen molar-refractivity contribution in [1.82, 2.24) is 5.32 Å². The van der Waals surface area contributed by atoms with Crippen molar-refractivity contribution in [3.63, 3.8) is 0 Å². The van der Waals surface area contributed by atoms with Gasteiger partial charge in [-0.25, -0.2) is 8.78 Å². The van der Waals surface area contributed by atoms with Crippen molar-refractivity contribution in [2.75, 3.05) is 18.8 Å². The quantitative estimate of drug-likeness (QED) is 0.829. The zero-order chi connectivity index (χ0) is 12.1. The number of thioether (sulfide) groups is 1. The van der Waals surface area contributed by atoms with Crippen LogP contribution in [-0.2, 0) is 0 Å². The SMILES string of the molecule is Fc1ccc(SCCC2CCNCC2)c(F)c1. The van der Waals surface area contributed by atoms with Crippen LogP contribution in [0, 0.1) is 17.6 Å². The summed E-state index contributed by atoms with van der Waals surface area (Å²) in [6, 6.07) is 3.79. The van der Waals surface area contributed by atoms with E-state index in [0.29, 0.717) is 4.90 Å². The highest BCUT2D eigenvalue weighted by molar-refractivity contribution is 7.99. The Morgan fingerprint density at radius 1 is 1.24 bits per heavy atom. The number of benzene rings is 1. The van der Waals surface area contributed by atoms with Gasteiger partial charge in [0, 0.05) is 11.0 Å². The van der Waals surface area contributed by atoms with Gasteiger partial charge in [-0.2, -0.15) is 0 Å². The van der Waals surface area contributed by atoms with Gasteiger partial charge in [-0.15, -0.1) is 11.8 Å². The average Bonchev–Trinajstić information content (AvgIpc) is 2.33. The highest BCUT2D eigenvalue weighted by Crippen LogP contribution is 2.26. The van der Waals surface area contributed by atoms with E-state index in [1.54, 1.807) is 0 Å². The molecule has 1 aliphatic rings. The van der Waals surface area contributed by atoms with E-state index in [4.69, 9.17) is 0 Å². The summed E-state index contributed by atoms with van der Waals surface area (Å²) in [6.45, 7) is 2.19. The Morgan fingerprint density at radius 2 is 2.00 bits per heavy atom. The van der Waals surface area contributed by atoms with E-state index in [-0.39, 0.29) is 0 Å². The minimum Gasteiger partial charge on any atom is -0.317 e. The fraction of sp³-hybridized carbons (Fsp3) is 0.538. The molecule has 1 heterocycles. The molecule has 0 atom stereocenters. The molecule has 1 nitrogen and oxygen atoms in total. The summed E-state index contributed by atoms with van der Waals surface area (Å²) in [5.41, 5.74) is 0. The van der Waals surface area contributed by atoms with E-state index in [2.05, 4.69) is 5.32 Å². The van der Waals surface area contributed by atoms with Gasteiger partial charge in [0.1, 0.15) is 11.6 Å². The third-order valence-electron chi connectivity index (χ3n) is 3.14. The normalized spacial score (nSPS) is 17.3. The first-order valence-corrected chi connectivity index (χ1v) is 7.03. The van der Waals surface area contributed by atoms with Crippen LogP contribution in [0.5, 0.6) is 0 Å². The Balaban J connectivity index is 1.77. The third-order valence-corrected chi connectivity index (χ3v) is 4.22. The molecule has 0 saturated carbocycles. The lowest BCUT2D eigenvalue weighted by molar-refractivity contribution is 0.367. The highest BCUT2D eigenvalue weighted by Gasteiger charge is 2.13. The van der Waals surface area contributed by atoms with Crippen LogP contribution in [0.2, 0.25) is 0 Å². The molecule has 1 aromatic rings. The Hall–Kier alpha value is -0.610. The number of rotatable bonds is 4. The van der Waals surface area contributed by atoms with Gasteiger partial charge in [-0.1, -0.05) is 0 Å². The Labute approximate surface area is 105 Å². The van der Waals surface area contributed by atoms with Gasteiger partial charge in [0.25, 0.3) is 0 Å². The Bertz CT molecular complexity index is 364. The van der Waals surface area contributed by atoms with Gasteiger partial charge in [0.2, 0.25) is 0 Å². The van der Waals surface area contributed by atoms with E-state index < -0.39 is 11.6 Å². The molecule has 0 radical (unpaired) electrons. The second kappa shape index (κ2) is 6.36. The summed E-state index contributed by atoms with van der Waals surface area (Å²) >= 11 is 1.49. The minimum atomic E-state index is -0.509. The average molecular weight is 257 g/mol. The van der Waals surface area contributed by atoms with Gasteiger partial charge in [0.05, 0.1) is 0 Å². The van der Waals surface area contributed by atoms with Crippen molar-refractivity contribution in [2.24, 2.45) is 5.92 Å². The fourth-order valence-corrected chi connectivity index (χ4v) is 3.13. The molecule has 1 saturated heterocycles. The number of piperidine rings is 1. The van der Waals surface area contributed by atoms with Gasteiger partial charge in [-0.05, 0) is 56.2 Å². The lowest BCUT2D eigenvalue weighted by Crippen LogP contribution is -2.27. The van der Waals surface area contributed by atoms with Crippen LogP contribution in [0.25, 0.3) is 0 Å². The molecule has 0 spiro atoms. The first-order valence-electron chi connectivity index (χ1n) is 6.04. The van der Waals surface area contributed by atoms with Gasteiger partial charge in [-0.3, -0.25) is 0 Å². The first-order chi connectivity index (χ1) is 8.25. The monoisotopic (exact) mass is 257 g/mol. The Morgan fingerprint density at radius 3 is 2.71 bits per heavy atom. The predicted molar refractivity (Wildman–Crippen MR) is 67.3 cm³/mol. The van der Waals surface area contributed by atoms with Crippen LogP contribution in [0.3, 0.4) is 0 Å². The topological polar surface area (TPSA) is 12.0 Å². The van der Waals surface area contributed by atoms with E-state index in [1.807, 2.05) is 0 Å². The molecule has 94 valence electrons. The van der Waals surface area contributed by atoms with Crippen molar-refractivity contribution in [3.8, 4) is 0 Å². The standard InChI is InChI=1S/C13H17F2NS/c14-11-1-2-13(12(15)9-11)17-8-5-10-3-6-16-7-4-10/h1-2,9-10,16H,3-8H2. The molecule has 2 rings (SSSR count). The maximum absolute atomic E-state index is 13.3. The number of hydrogen-bond donors (Lipinski definition) is 1. The molecule has 4 heteroatoms. The smallest absolute Gasteiger partial charge is 0.139 e. The maximum atomic E-state index is 13.3.